The highest BCUT2D eigenvalue weighted by Crippen LogP contribution is 2.29. The van der Waals surface area contributed by atoms with E-state index >= 15 is 0 Å². The van der Waals surface area contributed by atoms with Crippen LogP contribution in [0.2, 0.25) is 5.02 Å². The van der Waals surface area contributed by atoms with Crippen LogP contribution in [-0.2, 0) is 4.79 Å². The highest BCUT2D eigenvalue weighted by Gasteiger charge is 2.17. The summed E-state index contributed by atoms with van der Waals surface area (Å²) in [5.41, 5.74) is 0. The standard InChI is InChI=1S/C13H16ClN5OS2/c1-7(2)16-12-18-19-13(22-12)21-8(3)11(20)17-10-5-4-9(14)6-15-10/h4-8H,1-3H3,(H,16,18)(H,15,17,20)/t8-/m1/s1. The minimum Gasteiger partial charge on any atom is -0.358 e. The molecule has 2 rings (SSSR count). The Bertz CT molecular complexity index is 632. The summed E-state index contributed by atoms with van der Waals surface area (Å²) < 4.78 is 0.745. The third-order valence-corrected chi connectivity index (χ3v) is 4.71. The van der Waals surface area contributed by atoms with Crippen LogP contribution in [0, 0.1) is 0 Å². The third kappa shape index (κ3) is 5.11. The Morgan fingerprint density at radius 1 is 1.32 bits per heavy atom. The van der Waals surface area contributed by atoms with Crippen LogP contribution in [-0.4, -0.2) is 32.4 Å². The van der Waals surface area contributed by atoms with Crippen molar-refractivity contribution in [3.63, 3.8) is 0 Å². The van der Waals surface area contributed by atoms with E-state index < -0.39 is 0 Å². The lowest BCUT2D eigenvalue weighted by molar-refractivity contribution is -0.115. The van der Waals surface area contributed by atoms with Gasteiger partial charge >= 0.3 is 0 Å². The lowest BCUT2D eigenvalue weighted by Gasteiger charge is -2.09. The second-order valence-corrected chi connectivity index (χ2v) is 7.79. The number of rotatable bonds is 6. The fourth-order valence-electron chi connectivity index (χ4n) is 1.45. The Kier molecular flexibility index (Phi) is 5.98. The zero-order valence-electron chi connectivity index (χ0n) is 12.3. The fraction of sp³-hybridized carbons (Fsp3) is 0.385. The van der Waals surface area contributed by atoms with Gasteiger partial charge in [-0.05, 0) is 32.9 Å². The van der Waals surface area contributed by atoms with E-state index in [0.29, 0.717) is 16.9 Å². The van der Waals surface area contributed by atoms with Crippen molar-refractivity contribution in [2.45, 2.75) is 36.4 Å². The van der Waals surface area contributed by atoms with Gasteiger partial charge < -0.3 is 10.6 Å². The van der Waals surface area contributed by atoms with Gasteiger partial charge in [-0.3, -0.25) is 4.79 Å². The molecule has 6 nitrogen and oxygen atoms in total. The fourth-order valence-corrected chi connectivity index (χ4v) is 3.60. The lowest BCUT2D eigenvalue weighted by atomic mass is 10.4. The van der Waals surface area contributed by atoms with Crippen molar-refractivity contribution < 1.29 is 4.79 Å². The van der Waals surface area contributed by atoms with Gasteiger partial charge in [-0.25, -0.2) is 4.98 Å². The molecule has 118 valence electrons. The van der Waals surface area contributed by atoms with E-state index in [0.717, 1.165) is 9.47 Å². The second kappa shape index (κ2) is 7.75. The van der Waals surface area contributed by atoms with Crippen LogP contribution >= 0.6 is 34.7 Å². The maximum atomic E-state index is 12.1. The first-order valence-electron chi connectivity index (χ1n) is 6.63. The monoisotopic (exact) mass is 357 g/mol. The van der Waals surface area contributed by atoms with E-state index in [2.05, 4.69) is 25.8 Å². The quantitative estimate of drug-likeness (QED) is 0.770. The molecule has 0 unspecified atom stereocenters. The van der Waals surface area contributed by atoms with E-state index in [1.165, 1.54) is 29.3 Å². The Morgan fingerprint density at radius 2 is 2.09 bits per heavy atom. The molecule has 2 N–H and O–H groups in total. The van der Waals surface area contributed by atoms with Crippen molar-refractivity contribution in [1.29, 1.82) is 0 Å². The molecule has 9 heteroatoms. The van der Waals surface area contributed by atoms with E-state index in [4.69, 9.17) is 11.6 Å². The molecule has 1 amide bonds. The summed E-state index contributed by atoms with van der Waals surface area (Å²) in [6.45, 7) is 5.87. The van der Waals surface area contributed by atoms with Crippen molar-refractivity contribution in [1.82, 2.24) is 15.2 Å². The van der Waals surface area contributed by atoms with E-state index in [1.807, 2.05) is 20.8 Å². The van der Waals surface area contributed by atoms with Gasteiger partial charge in [-0.1, -0.05) is 34.7 Å². The summed E-state index contributed by atoms with van der Waals surface area (Å²) >= 11 is 8.55. The van der Waals surface area contributed by atoms with Gasteiger partial charge in [-0.2, -0.15) is 0 Å². The highest BCUT2D eigenvalue weighted by molar-refractivity contribution is 8.02. The van der Waals surface area contributed by atoms with Crippen molar-refractivity contribution >= 4 is 51.6 Å². The van der Waals surface area contributed by atoms with Gasteiger partial charge in [0.2, 0.25) is 11.0 Å². The summed E-state index contributed by atoms with van der Waals surface area (Å²) in [7, 11) is 0. The Labute approximate surface area is 142 Å². The zero-order chi connectivity index (χ0) is 16.1. The van der Waals surface area contributed by atoms with Crippen molar-refractivity contribution in [3.8, 4) is 0 Å². The highest BCUT2D eigenvalue weighted by atomic mass is 35.5. The normalized spacial score (nSPS) is 12.2. The summed E-state index contributed by atoms with van der Waals surface area (Å²) in [4.78, 5) is 16.2. The Morgan fingerprint density at radius 3 is 2.73 bits per heavy atom. The molecule has 0 aromatic carbocycles. The molecule has 0 bridgehead atoms. The van der Waals surface area contributed by atoms with Crippen LogP contribution in [0.5, 0.6) is 0 Å². The summed E-state index contributed by atoms with van der Waals surface area (Å²) in [6, 6.07) is 3.63. The van der Waals surface area contributed by atoms with Crippen LogP contribution in [0.25, 0.3) is 0 Å². The van der Waals surface area contributed by atoms with Gasteiger partial charge in [0.05, 0.1) is 10.3 Å². The Hall–Kier alpha value is -1.38. The number of carbonyl (C=O) groups is 1. The molecule has 1 atom stereocenters. The number of thioether (sulfide) groups is 1. The number of hydrogen-bond donors (Lipinski definition) is 2. The van der Waals surface area contributed by atoms with E-state index in [9.17, 15) is 4.79 Å². The first-order chi connectivity index (χ1) is 10.4. The topological polar surface area (TPSA) is 79.8 Å². The van der Waals surface area contributed by atoms with Crippen LogP contribution in [0.3, 0.4) is 0 Å². The second-order valence-electron chi connectivity index (χ2n) is 4.78. The average molecular weight is 358 g/mol. The summed E-state index contributed by atoms with van der Waals surface area (Å²) in [6.07, 6.45) is 1.49. The molecular weight excluding hydrogens is 342 g/mol. The molecule has 0 saturated heterocycles. The average Bonchev–Trinajstić information content (AvgIpc) is 2.87. The van der Waals surface area contributed by atoms with Crippen molar-refractivity contribution in [2.24, 2.45) is 0 Å². The van der Waals surface area contributed by atoms with Crippen LogP contribution in [0.4, 0.5) is 10.9 Å². The predicted octanol–water partition coefficient (Wildman–Crippen LogP) is 3.53. The maximum Gasteiger partial charge on any atom is 0.238 e. The summed E-state index contributed by atoms with van der Waals surface area (Å²) in [5.74, 6) is 0.328. The van der Waals surface area contributed by atoms with Gasteiger partial charge in [0.15, 0.2) is 4.34 Å². The molecule has 22 heavy (non-hydrogen) atoms. The van der Waals surface area contributed by atoms with Crippen LogP contribution in [0.15, 0.2) is 22.7 Å². The van der Waals surface area contributed by atoms with Gasteiger partial charge in [0.25, 0.3) is 0 Å². The molecule has 2 aromatic rings. The van der Waals surface area contributed by atoms with Crippen molar-refractivity contribution in [3.05, 3.63) is 23.4 Å². The minimum absolute atomic E-state index is 0.145. The van der Waals surface area contributed by atoms with E-state index in [1.54, 1.807) is 12.1 Å². The first kappa shape index (κ1) is 17.0. The van der Waals surface area contributed by atoms with Gasteiger partial charge in [-0.15, -0.1) is 10.2 Å². The minimum atomic E-state index is -0.308. The van der Waals surface area contributed by atoms with Crippen molar-refractivity contribution in [2.75, 3.05) is 10.6 Å². The molecule has 0 radical (unpaired) electrons. The van der Waals surface area contributed by atoms with Crippen LogP contribution < -0.4 is 10.6 Å². The SMILES string of the molecule is CC(C)Nc1nnc(S[C@H](C)C(=O)Nc2ccc(Cl)cn2)s1. The third-order valence-electron chi connectivity index (χ3n) is 2.44. The largest absolute Gasteiger partial charge is 0.358 e. The molecule has 0 fully saturated rings. The first-order valence-corrected chi connectivity index (χ1v) is 8.70. The number of amides is 1. The number of halogens is 1. The molecule has 0 aliphatic carbocycles. The number of pyridine rings is 1. The lowest BCUT2D eigenvalue weighted by Crippen LogP contribution is -2.22. The molecule has 0 aliphatic rings. The maximum absolute atomic E-state index is 12.1. The number of nitrogens with zero attached hydrogens (tertiary/aromatic N) is 3. The predicted molar refractivity (Wildman–Crippen MR) is 91.9 cm³/mol. The van der Waals surface area contributed by atoms with E-state index in [-0.39, 0.29) is 11.2 Å². The van der Waals surface area contributed by atoms with Gasteiger partial charge in [0.1, 0.15) is 5.82 Å². The number of aromatic nitrogens is 3. The molecular formula is C13H16ClN5OS2. The molecule has 0 spiro atoms. The molecule has 2 heterocycles. The number of carbonyl (C=O) groups excluding carboxylic acids is 1. The van der Waals surface area contributed by atoms with Crippen LogP contribution in [0.1, 0.15) is 20.8 Å². The number of anilines is 2. The zero-order valence-corrected chi connectivity index (χ0v) is 14.7. The molecule has 0 saturated carbocycles. The Balaban J connectivity index is 1.90. The molecule has 2 aromatic heterocycles. The molecule has 0 aliphatic heterocycles. The number of nitrogens with one attached hydrogen (secondary N) is 2. The van der Waals surface area contributed by atoms with Gasteiger partial charge in [0, 0.05) is 12.2 Å². The number of hydrogen-bond acceptors (Lipinski definition) is 7. The smallest absolute Gasteiger partial charge is 0.238 e. The summed E-state index contributed by atoms with van der Waals surface area (Å²) in [5, 5.41) is 15.0.